The van der Waals surface area contributed by atoms with Gasteiger partial charge in [0.05, 0.1) is 17.6 Å². The molecule has 2 spiro atoms. The number of hydrogen-bond donors (Lipinski definition) is 0. The van der Waals surface area contributed by atoms with Crippen LogP contribution in [0.5, 0.6) is 0 Å². The van der Waals surface area contributed by atoms with E-state index in [0.717, 1.165) is 5.57 Å². The Morgan fingerprint density at radius 1 is 1.31 bits per heavy atom. The zero-order valence-corrected chi connectivity index (χ0v) is 14.6. The van der Waals surface area contributed by atoms with Gasteiger partial charge in [-0.05, 0) is 25.3 Å². The lowest BCUT2D eigenvalue weighted by Gasteiger charge is -2.62. The van der Waals surface area contributed by atoms with Crippen molar-refractivity contribution in [3.8, 4) is 0 Å². The molecule has 4 aliphatic heterocycles. The first-order valence-corrected chi connectivity index (χ1v) is 9.40. The summed E-state index contributed by atoms with van der Waals surface area (Å²) in [5.41, 5.74) is -0.864. The summed E-state index contributed by atoms with van der Waals surface area (Å²) in [4.78, 5) is 37.4. The van der Waals surface area contributed by atoms with Gasteiger partial charge in [0.25, 0.3) is 0 Å². The Bertz CT molecular complexity index is 817. The molecular formula is C19H21O7+. The van der Waals surface area contributed by atoms with Gasteiger partial charge in [0.2, 0.25) is 0 Å². The van der Waals surface area contributed by atoms with Crippen LogP contribution in [-0.2, 0) is 28.6 Å². The van der Waals surface area contributed by atoms with Gasteiger partial charge in [0.1, 0.15) is 17.6 Å². The van der Waals surface area contributed by atoms with E-state index < -0.39 is 34.8 Å². The van der Waals surface area contributed by atoms with E-state index in [0.29, 0.717) is 12.8 Å². The Morgan fingerprint density at radius 3 is 2.81 bits per heavy atom. The molecule has 3 saturated heterocycles. The van der Waals surface area contributed by atoms with Crippen molar-refractivity contribution >= 4 is 17.9 Å². The Kier molecular flexibility index (Phi) is 2.43. The number of ether oxygens (including phenoxy) is 3. The van der Waals surface area contributed by atoms with Crippen molar-refractivity contribution in [1.29, 1.82) is 0 Å². The van der Waals surface area contributed by atoms with E-state index in [9.17, 15) is 14.4 Å². The van der Waals surface area contributed by atoms with Crippen LogP contribution in [0.2, 0.25) is 0 Å². The molecule has 7 aliphatic rings. The summed E-state index contributed by atoms with van der Waals surface area (Å²) in [5, 5.41) is 7.71. The van der Waals surface area contributed by atoms with Crippen LogP contribution >= 0.6 is 0 Å². The van der Waals surface area contributed by atoms with E-state index in [4.69, 9.17) is 19.3 Å². The fraction of sp³-hybridized carbons (Fsp3) is 0.737. The minimum atomic E-state index is -1.00. The maximum Gasteiger partial charge on any atom is 0.519 e. The number of rotatable bonds is 2. The first-order valence-electron chi connectivity index (χ1n) is 9.40. The van der Waals surface area contributed by atoms with Crippen molar-refractivity contribution in [2.75, 3.05) is 0 Å². The zero-order valence-electron chi connectivity index (χ0n) is 14.6. The maximum absolute atomic E-state index is 13.0. The summed E-state index contributed by atoms with van der Waals surface area (Å²) in [6.45, 7) is 3.76. The molecule has 3 aliphatic carbocycles. The summed E-state index contributed by atoms with van der Waals surface area (Å²) in [6, 6.07) is 0. The zero-order chi connectivity index (χ0) is 18.2. The van der Waals surface area contributed by atoms with Crippen LogP contribution in [0, 0.1) is 35.0 Å². The van der Waals surface area contributed by atoms with E-state index in [1.54, 1.807) is 6.92 Å². The largest absolute Gasteiger partial charge is 0.565 e. The van der Waals surface area contributed by atoms with E-state index >= 15 is 0 Å². The molecule has 26 heavy (non-hydrogen) atoms. The minimum absolute atomic E-state index is 0.0133. The third-order valence-electron chi connectivity index (χ3n) is 8.40. The van der Waals surface area contributed by atoms with E-state index in [-0.39, 0.29) is 42.0 Å². The van der Waals surface area contributed by atoms with Crippen LogP contribution in [0.25, 0.3) is 0 Å². The molecule has 7 nitrogen and oxygen atoms in total. The molecule has 4 bridgehead atoms. The second-order valence-electron chi connectivity index (χ2n) is 8.88. The number of hydrogen-bond acceptors (Lipinski definition) is 6. The number of carbonyl (C=O) groups excluding carboxylic acids is 3. The van der Waals surface area contributed by atoms with Crippen LogP contribution < -0.4 is 0 Å². The molecule has 4 heterocycles. The van der Waals surface area contributed by atoms with Crippen LogP contribution in [0.1, 0.15) is 26.7 Å². The van der Waals surface area contributed by atoms with Gasteiger partial charge in [-0.3, -0.25) is 4.79 Å². The molecule has 3 saturated carbocycles. The van der Waals surface area contributed by atoms with Crippen molar-refractivity contribution in [2.45, 2.75) is 50.6 Å². The second-order valence-corrected chi connectivity index (χ2v) is 8.88. The number of carbonyl (C=O) groups is 3. The van der Waals surface area contributed by atoms with Crippen LogP contribution in [0.15, 0.2) is 11.6 Å². The third-order valence-corrected chi connectivity index (χ3v) is 8.40. The summed E-state index contributed by atoms with van der Waals surface area (Å²) < 4.78 is 18.2. The van der Waals surface area contributed by atoms with Gasteiger partial charge in [-0.1, -0.05) is 6.92 Å². The monoisotopic (exact) mass is 361 g/mol. The molecule has 2 N–H and O–H groups in total. The van der Waals surface area contributed by atoms with Gasteiger partial charge in [-0.2, -0.15) is 0 Å². The van der Waals surface area contributed by atoms with Gasteiger partial charge < -0.3 is 19.3 Å². The van der Waals surface area contributed by atoms with Gasteiger partial charge in [0.15, 0.2) is 0 Å². The highest BCUT2D eigenvalue weighted by molar-refractivity contribution is 5.89. The molecule has 0 amide bonds. The molecule has 6 fully saturated rings. The summed E-state index contributed by atoms with van der Waals surface area (Å²) in [5.74, 6) is -2.69. The summed E-state index contributed by atoms with van der Waals surface area (Å²) in [6.07, 6.45) is 1.89. The van der Waals surface area contributed by atoms with Crippen molar-refractivity contribution in [3.63, 3.8) is 0 Å². The Hall–Kier alpha value is -1.89. The standard InChI is InChI=1S/C19H20O7/c1-6(16(21)22)11-13-10-14-12(24-13)7(2)18(17(23)25-14)4-3-8-5-9(20)26-19(8,11)15(10)18/h5-7,10-15H,3-4H2,1-2H3,(H,21,22)/p+1/t6?,7?,10-,11?,12+,13-,14-,15-,18-,19+/m1/s1. The first kappa shape index (κ1) is 15.2. The molecule has 0 aromatic heterocycles. The topological polar surface area (TPSA) is 102 Å². The Balaban J connectivity index is 1.64. The third kappa shape index (κ3) is 1.24. The van der Waals surface area contributed by atoms with Crippen molar-refractivity contribution < 1.29 is 33.7 Å². The molecule has 7 heteroatoms. The highest BCUT2D eigenvalue weighted by Gasteiger charge is 2.86. The highest BCUT2D eigenvalue weighted by atomic mass is 16.6. The quantitative estimate of drug-likeness (QED) is 0.510. The Labute approximate surface area is 149 Å². The molecule has 10 atom stereocenters. The van der Waals surface area contributed by atoms with Gasteiger partial charge >= 0.3 is 17.9 Å². The molecule has 0 radical (unpaired) electrons. The van der Waals surface area contributed by atoms with Gasteiger partial charge in [-0.15, -0.1) is 0 Å². The molecule has 7 rings (SSSR count). The lowest BCUT2D eigenvalue weighted by molar-refractivity contribution is -0.256. The van der Waals surface area contributed by atoms with Crippen molar-refractivity contribution in [3.05, 3.63) is 11.6 Å². The summed E-state index contributed by atoms with van der Waals surface area (Å²) >= 11 is 0. The number of fused-ring (bicyclic) bond motifs is 1. The van der Waals surface area contributed by atoms with Gasteiger partial charge in [-0.25, -0.2) is 4.79 Å². The average molecular weight is 361 g/mol. The first-order chi connectivity index (χ1) is 12.3. The smallest absolute Gasteiger partial charge is 0.519 e. The van der Waals surface area contributed by atoms with Crippen molar-refractivity contribution in [1.82, 2.24) is 0 Å². The molecular weight excluding hydrogens is 340 g/mol. The molecule has 138 valence electrons. The van der Waals surface area contributed by atoms with E-state index in [2.05, 4.69) is 0 Å². The Morgan fingerprint density at radius 2 is 2.08 bits per heavy atom. The predicted molar refractivity (Wildman–Crippen MR) is 84.5 cm³/mol. The molecule has 0 aromatic rings. The van der Waals surface area contributed by atoms with Crippen LogP contribution in [0.4, 0.5) is 0 Å². The van der Waals surface area contributed by atoms with Gasteiger partial charge in [0, 0.05) is 34.5 Å². The molecule has 3 unspecified atom stereocenters. The van der Waals surface area contributed by atoms with Crippen LogP contribution in [0.3, 0.4) is 0 Å². The van der Waals surface area contributed by atoms with Crippen molar-refractivity contribution in [2.24, 2.45) is 35.0 Å². The van der Waals surface area contributed by atoms with E-state index in [1.165, 1.54) is 6.08 Å². The second kappa shape index (κ2) is 4.16. The predicted octanol–water partition coefficient (Wildman–Crippen LogP) is 0.0806. The van der Waals surface area contributed by atoms with E-state index in [1.807, 2.05) is 6.92 Å². The van der Waals surface area contributed by atoms with Crippen LogP contribution in [-0.4, -0.2) is 46.9 Å². The average Bonchev–Trinajstić information content (AvgIpc) is 3.17. The number of esters is 2. The minimum Gasteiger partial charge on any atom is -0.565 e. The lowest BCUT2D eigenvalue weighted by Crippen LogP contribution is -2.71. The normalized spacial score (nSPS) is 55.9. The lowest BCUT2D eigenvalue weighted by atomic mass is 9.46. The fourth-order valence-electron chi connectivity index (χ4n) is 7.57. The molecule has 0 aromatic carbocycles. The maximum atomic E-state index is 13.0. The summed E-state index contributed by atoms with van der Waals surface area (Å²) in [7, 11) is 0. The SMILES string of the molecule is CC(C(=O)[OH2+])C1[C@@H]2O[C@H]3C(C)[C@]45CCC6=CC(=O)O[C@@]61[C@@H]4[C@H]2[C@H]3OC5=O. The highest BCUT2D eigenvalue weighted by Crippen LogP contribution is 2.76. The fourth-order valence-corrected chi connectivity index (χ4v) is 7.57.